The van der Waals surface area contributed by atoms with Gasteiger partial charge in [-0.3, -0.25) is 0 Å². The summed E-state index contributed by atoms with van der Waals surface area (Å²) in [4.78, 5) is 0. The van der Waals surface area contributed by atoms with Crippen LogP contribution in [0, 0.1) is 0 Å². The maximum atomic E-state index is 9.86. The van der Waals surface area contributed by atoms with E-state index in [0.29, 0.717) is 5.76 Å². The van der Waals surface area contributed by atoms with Crippen LogP contribution in [0.5, 0.6) is 0 Å². The Morgan fingerprint density at radius 2 is 2.13 bits per heavy atom. The standard InChI is InChI=1S/C13H16O2/c1-2-3-7-11(14)13-9-10-6-4-5-8-12(10)15-13/h4-6,8-9,11,14H,2-3,7H2,1H3. The van der Waals surface area contributed by atoms with Gasteiger partial charge in [0, 0.05) is 5.39 Å². The molecule has 0 fully saturated rings. The van der Waals surface area contributed by atoms with Crippen molar-refractivity contribution in [2.75, 3.05) is 0 Å². The molecule has 1 atom stereocenters. The van der Waals surface area contributed by atoms with Crippen LogP contribution in [0.1, 0.15) is 38.1 Å². The van der Waals surface area contributed by atoms with Gasteiger partial charge in [0.1, 0.15) is 17.4 Å². The molecular weight excluding hydrogens is 188 g/mol. The molecule has 15 heavy (non-hydrogen) atoms. The molecule has 0 amide bonds. The molecule has 2 nitrogen and oxygen atoms in total. The van der Waals surface area contributed by atoms with E-state index in [4.69, 9.17) is 4.42 Å². The Morgan fingerprint density at radius 1 is 1.33 bits per heavy atom. The van der Waals surface area contributed by atoms with E-state index >= 15 is 0 Å². The summed E-state index contributed by atoms with van der Waals surface area (Å²) in [7, 11) is 0. The fraction of sp³-hybridized carbons (Fsp3) is 0.385. The summed E-state index contributed by atoms with van der Waals surface area (Å²) in [6.07, 6.45) is 2.43. The van der Waals surface area contributed by atoms with Crippen LogP contribution in [0.25, 0.3) is 11.0 Å². The van der Waals surface area contributed by atoms with Crippen LogP contribution in [0.4, 0.5) is 0 Å². The van der Waals surface area contributed by atoms with Gasteiger partial charge in [-0.15, -0.1) is 0 Å². The summed E-state index contributed by atoms with van der Waals surface area (Å²) in [5.74, 6) is 0.685. The Bertz CT molecular complexity index is 398. The molecule has 2 rings (SSSR count). The second-order valence-corrected chi connectivity index (χ2v) is 3.84. The zero-order chi connectivity index (χ0) is 10.7. The second-order valence-electron chi connectivity index (χ2n) is 3.84. The van der Waals surface area contributed by atoms with Gasteiger partial charge in [0.2, 0.25) is 0 Å². The summed E-state index contributed by atoms with van der Waals surface area (Å²) in [6.45, 7) is 2.12. The third-order valence-electron chi connectivity index (χ3n) is 2.60. The van der Waals surface area contributed by atoms with Crippen LogP contribution in [-0.2, 0) is 0 Å². The molecule has 2 aromatic rings. The molecule has 0 aliphatic carbocycles. The van der Waals surface area contributed by atoms with Crippen LogP contribution in [0.15, 0.2) is 34.7 Å². The fourth-order valence-electron chi connectivity index (χ4n) is 1.71. The average molecular weight is 204 g/mol. The summed E-state index contributed by atoms with van der Waals surface area (Å²) < 4.78 is 5.58. The maximum Gasteiger partial charge on any atom is 0.134 e. The van der Waals surface area contributed by atoms with Gasteiger partial charge < -0.3 is 9.52 Å². The fourth-order valence-corrected chi connectivity index (χ4v) is 1.71. The van der Waals surface area contributed by atoms with Crippen molar-refractivity contribution in [2.45, 2.75) is 32.3 Å². The predicted molar refractivity (Wildman–Crippen MR) is 60.7 cm³/mol. The highest BCUT2D eigenvalue weighted by atomic mass is 16.4. The van der Waals surface area contributed by atoms with Gasteiger partial charge in [-0.2, -0.15) is 0 Å². The van der Waals surface area contributed by atoms with E-state index < -0.39 is 6.10 Å². The van der Waals surface area contributed by atoms with Gasteiger partial charge in [-0.05, 0) is 18.6 Å². The molecule has 2 heteroatoms. The number of unbranched alkanes of at least 4 members (excludes halogenated alkanes) is 1. The lowest BCUT2D eigenvalue weighted by atomic mass is 10.1. The first-order chi connectivity index (χ1) is 7.31. The van der Waals surface area contributed by atoms with Crippen molar-refractivity contribution in [3.05, 3.63) is 36.1 Å². The van der Waals surface area contributed by atoms with Crippen molar-refractivity contribution in [1.82, 2.24) is 0 Å². The SMILES string of the molecule is CCCCC(O)c1cc2ccccc2o1. The van der Waals surface area contributed by atoms with E-state index in [1.54, 1.807) is 0 Å². The maximum absolute atomic E-state index is 9.86. The van der Waals surface area contributed by atoms with E-state index in [1.165, 1.54) is 0 Å². The first-order valence-corrected chi connectivity index (χ1v) is 5.48. The molecule has 0 spiro atoms. The molecule has 0 saturated heterocycles. The van der Waals surface area contributed by atoms with E-state index in [-0.39, 0.29) is 0 Å². The van der Waals surface area contributed by atoms with Gasteiger partial charge >= 0.3 is 0 Å². The number of fused-ring (bicyclic) bond motifs is 1. The molecule has 0 aliphatic heterocycles. The number of rotatable bonds is 4. The van der Waals surface area contributed by atoms with Gasteiger partial charge in [0.05, 0.1) is 0 Å². The number of aliphatic hydroxyl groups is 1. The lowest BCUT2D eigenvalue weighted by Crippen LogP contribution is -1.94. The van der Waals surface area contributed by atoms with Crippen molar-refractivity contribution < 1.29 is 9.52 Å². The minimum absolute atomic E-state index is 0.461. The highest BCUT2D eigenvalue weighted by molar-refractivity contribution is 5.77. The van der Waals surface area contributed by atoms with E-state index in [9.17, 15) is 5.11 Å². The highest BCUT2D eigenvalue weighted by Crippen LogP contribution is 2.26. The van der Waals surface area contributed by atoms with Gasteiger partial charge in [-0.25, -0.2) is 0 Å². The summed E-state index contributed by atoms with van der Waals surface area (Å²) in [5, 5.41) is 10.9. The monoisotopic (exact) mass is 204 g/mol. The first-order valence-electron chi connectivity index (χ1n) is 5.48. The normalized spacial score (nSPS) is 13.2. The Hall–Kier alpha value is -1.28. The third kappa shape index (κ3) is 2.21. The minimum atomic E-state index is -0.461. The van der Waals surface area contributed by atoms with E-state index in [0.717, 1.165) is 30.2 Å². The molecule has 1 N–H and O–H groups in total. The van der Waals surface area contributed by atoms with Crippen LogP contribution in [0.3, 0.4) is 0 Å². The molecule has 1 heterocycles. The number of hydrogen-bond acceptors (Lipinski definition) is 2. The summed E-state index contributed by atoms with van der Waals surface area (Å²) >= 11 is 0. The van der Waals surface area contributed by atoms with Crippen LogP contribution in [-0.4, -0.2) is 5.11 Å². The number of para-hydroxylation sites is 1. The van der Waals surface area contributed by atoms with Gasteiger partial charge in [0.25, 0.3) is 0 Å². The van der Waals surface area contributed by atoms with Crippen molar-refractivity contribution in [2.24, 2.45) is 0 Å². The predicted octanol–water partition coefficient (Wildman–Crippen LogP) is 3.66. The first kappa shape index (κ1) is 10.2. The third-order valence-corrected chi connectivity index (χ3v) is 2.60. The minimum Gasteiger partial charge on any atom is -0.458 e. The van der Waals surface area contributed by atoms with Crippen LogP contribution >= 0.6 is 0 Å². The number of benzene rings is 1. The Balaban J connectivity index is 2.20. The highest BCUT2D eigenvalue weighted by Gasteiger charge is 2.12. The van der Waals surface area contributed by atoms with E-state index in [1.807, 2.05) is 30.3 Å². The molecule has 0 saturated carbocycles. The molecule has 1 aromatic heterocycles. The molecule has 1 unspecified atom stereocenters. The van der Waals surface area contributed by atoms with Crippen molar-refractivity contribution >= 4 is 11.0 Å². The Labute approximate surface area is 89.5 Å². The zero-order valence-corrected chi connectivity index (χ0v) is 8.94. The van der Waals surface area contributed by atoms with Gasteiger partial charge in [0.15, 0.2) is 0 Å². The number of aliphatic hydroxyl groups excluding tert-OH is 1. The summed E-state index contributed by atoms with van der Waals surface area (Å²) in [6, 6.07) is 9.75. The molecule has 1 aromatic carbocycles. The lowest BCUT2D eigenvalue weighted by molar-refractivity contribution is 0.140. The summed E-state index contributed by atoms with van der Waals surface area (Å²) in [5.41, 5.74) is 0.850. The van der Waals surface area contributed by atoms with Crippen molar-refractivity contribution in [3.63, 3.8) is 0 Å². The number of furan rings is 1. The smallest absolute Gasteiger partial charge is 0.134 e. The van der Waals surface area contributed by atoms with Crippen molar-refractivity contribution in [3.8, 4) is 0 Å². The Kier molecular flexibility index (Phi) is 3.07. The van der Waals surface area contributed by atoms with E-state index in [2.05, 4.69) is 6.92 Å². The van der Waals surface area contributed by atoms with Crippen molar-refractivity contribution in [1.29, 1.82) is 0 Å². The second kappa shape index (κ2) is 4.49. The quantitative estimate of drug-likeness (QED) is 0.824. The molecular formula is C13H16O2. The lowest BCUT2D eigenvalue weighted by Gasteiger charge is -2.05. The molecule has 0 aliphatic rings. The van der Waals surface area contributed by atoms with Crippen LogP contribution < -0.4 is 0 Å². The van der Waals surface area contributed by atoms with Crippen LogP contribution in [0.2, 0.25) is 0 Å². The molecule has 80 valence electrons. The Morgan fingerprint density at radius 3 is 2.87 bits per heavy atom. The average Bonchev–Trinajstić information content (AvgIpc) is 2.69. The zero-order valence-electron chi connectivity index (χ0n) is 8.94. The largest absolute Gasteiger partial charge is 0.458 e. The van der Waals surface area contributed by atoms with Gasteiger partial charge in [-0.1, -0.05) is 38.0 Å². The topological polar surface area (TPSA) is 33.4 Å². The number of hydrogen-bond donors (Lipinski definition) is 1. The molecule has 0 radical (unpaired) electrons. The molecule has 0 bridgehead atoms.